The Kier molecular flexibility index (Phi) is 4.76. The molecular weight excluding hydrogens is 312 g/mol. The van der Waals surface area contributed by atoms with Crippen molar-refractivity contribution in [1.29, 1.82) is 0 Å². The van der Waals surface area contributed by atoms with Crippen molar-refractivity contribution in [3.8, 4) is 0 Å². The molecule has 4 heteroatoms. The molecule has 2 aromatic rings. The average molecular weight is 335 g/mol. The Hall–Kier alpha value is -1.03. The number of benzene rings is 1. The number of aryl methyl sites for hydroxylation is 2. The molecule has 0 unspecified atom stereocenters. The Labute approximate surface area is 142 Å². The molecule has 2 heterocycles. The first-order valence-electron chi connectivity index (χ1n) is 7.81. The third kappa shape index (κ3) is 3.32. The molecule has 3 rings (SSSR count). The van der Waals surface area contributed by atoms with Gasteiger partial charge in [0.2, 0.25) is 0 Å². The first-order chi connectivity index (χ1) is 10.5. The van der Waals surface area contributed by atoms with Gasteiger partial charge in [-0.3, -0.25) is 4.90 Å². The normalized spacial score (nSPS) is 16.3. The third-order valence-corrected chi connectivity index (χ3v) is 5.96. The second-order valence-corrected chi connectivity index (χ2v) is 7.66. The van der Waals surface area contributed by atoms with Gasteiger partial charge < -0.3 is 4.90 Å². The van der Waals surface area contributed by atoms with Crippen LogP contribution >= 0.6 is 22.9 Å². The van der Waals surface area contributed by atoms with Crippen LogP contribution in [0, 0.1) is 20.8 Å². The number of hydrogen-bond acceptors (Lipinski definition) is 3. The van der Waals surface area contributed by atoms with Gasteiger partial charge in [0.1, 0.15) is 0 Å². The zero-order valence-corrected chi connectivity index (χ0v) is 15.1. The lowest BCUT2D eigenvalue weighted by Gasteiger charge is -2.37. The van der Waals surface area contributed by atoms with Gasteiger partial charge in [-0.25, -0.2) is 0 Å². The van der Waals surface area contributed by atoms with E-state index in [0.717, 1.165) is 37.7 Å². The predicted octanol–water partition coefficient (Wildman–Crippen LogP) is 4.65. The summed E-state index contributed by atoms with van der Waals surface area (Å²) in [6, 6.07) is 6.18. The monoisotopic (exact) mass is 334 g/mol. The van der Waals surface area contributed by atoms with Crippen LogP contribution in [0.15, 0.2) is 23.6 Å². The molecule has 22 heavy (non-hydrogen) atoms. The predicted molar refractivity (Wildman–Crippen MR) is 97.5 cm³/mol. The molecule has 0 aliphatic carbocycles. The summed E-state index contributed by atoms with van der Waals surface area (Å²) in [6.45, 7) is 12.1. The maximum atomic E-state index is 6.16. The smallest absolute Gasteiger partial charge is 0.0426 e. The van der Waals surface area contributed by atoms with Gasteiger partial charge in [-0.2, -0.15) is 0 Å². The summed E-state index contributed by atoms with van der Waals surface area (Å²) in [5.41, 5.74) is 5.56. The second kappa shape index (κ2) is 6.61. The summed E-state index contributed by atoms with van der Waals surface area (Å²) in [4.78, 5) is 6.47. The Bertz CT molecular complexity index is 657. The van der Waals surface area contributed by atoms with E-state index in [1.807, 2.05) is 17.4 Å². The minimum Gasteiger partial charge on any atom is -0.369 e. The molecule has 1 fully saturated rings. The fourth-order valence-electron chi connectivity index (χ4n) is 3.03. The highest BCUT2D eigenvalue weighted by Crippen LogP contribution is 2.26. The van der Waals surface area contributed by atoms with E-state index in [0.29, 0.717) is 0 Å². The molecule has 0 saturated carbocycles. The van der Waals surface area contributed by atoms with Gasteiger partial charge in [0.15, 0.2) is 0 Å². The van der Waals surface area contributed by atoms with E-state index in [9.17, 15) is 0 Å². The van der Waals surface area contributed by atoms with Gasteiger partial charge in [0.25, 0.3) is 0 Å². The first kappa shape index (κ1) is 15.9. The molecule has 0 bridgehead atoms. The molecule has 1 saturated heterocycles. The van der Waals surface area contributed by atoms with Crippen molar-refractivity contribution in [3.63, 3.8) is 0 Å². The van der Waals surface area contributed by atoms with Gasteiger partial charge in [0.05, 0.1) is 0 Å². The Morgan fingerprint density at radius 2 is 1.82 bits per heavy atom. The fourth-order valence-corrected chi connectivity index (χ4v) is 4.07. The molecule has 0 N–H and O–H groups in total. The van der Waals surface area contributed by atoms with Gasteiger partial charge in [-0.05, 0) is 55.0 Å². The van der Waals surface area contributed by atoms with Gasteiger partial charge in [-0.1, -0.05) is 17.7 Å². The van der Waals surface area contributed by atoms with Crippen molar-refractivity contribution in [2.24, 2.45) is 0 Å². The van der Waals surface area contributed by atoms with Crippen LogP contribution in [0.3, 0.4) is 0 Å². The second-order valence-electron chi connectivity index (χ2n) is 6.14. The Balaban J connectivity index is 1.63. The highest BCUT2D eigenvalue weighted by atomic mass is 35.5. The SMILES string of the molecule is Cc1ccc(Cl)cc1N1CCN(Cc2csc(C)c2C)CC1. The molecule has 2 nitrogen and oxygen atoms in total. The van der Waals surface area contributed by atoms with Crippen LogP contribution in [0.4, 0.5) is 5.69 Å². The fraction of sp³-hybridized carbons (Fsp3) is 0.444. The van der Waals surface area contributed by atoms with Crippen molar-refractivity contribution < 1.29 is 0 Å². The molecule has 1 aliphatic heterocycles. The number of halogens is 1. The van der Waals surface area contributed by atoms with Crippen LogP contribution in [0.1, 0.15) is 21.6 Å². The number of thiophene rings is 1. The van der Waals surface area contributed by atoms with E-state index < -0.39 is 0 Å². The first-order valence-corrected chi connectivity index (χ1v) is 9.07. The molecule has 118 valence electrons. The quantitative estimate of drug-likeness (QED) is 0.806. The number of rotatable bonds is 3. The highest BCUT2D eigenvalue weighted by molar-refractivity contribution is 7.10. The zero-order chi connectivity index (χ0) is 15.7. The maximum absolute atomic E-state index is 6.16. The summed E-state index contributed by atoms with van der Waals surface area (Å²) in [5.74, 6) is 0. The lowest BCUT2D eigenvalue weighted by Crippen LogP contribution is -2.46. The molecule has 1 aromatic heterocycles. The summed E-state index contributed by atoms with van der Waals surface area (Å²) in [6.07, 6.45) is 0. The lowest BCUT2D eigenvalue weighted by molar-refractivity contribution is 0.249. The number of piperazine rings is 1. The van der Waals surface area contributed by atoms with Crippen LogP contribution in [-0.4, -0.2) is 31.1 Å². The number of nitrogens with zero attached hydrogens (tertiary/aromatic N) is 2. The summed E-state index contributed by atoms with van der Waals surface area (Å²) >= 11 is 8.02. The maximum Gasteiger partial charge on any atom is 0.0426 e. The third-order valence-electron chi connectivity index (χ3n) is 4.67. The molecule has 0 spiro atoms. The van der Waals surface area contributed by atoms with Crippen LogP contribution in [0.5, 0.6) is 0 Å². The Morgan fingerprint density at radius 3 is 2.45 bits per heavy atom. The molecule has 1 aliphatic rings. The van der Waals surface area contributed by atoms with E-state index in [1.54, 1.807) is 0 Å². The van der Waals surface area contributed by atoms with Gasteiger partial charge in [0, 0.05) is 48.3 Å². The van der Waals surface area contributed by atoms with Crippen molar-refractivity contribution in [1.82, 2.24) is 4.90 Å². The standard InChI is InChI=1S/C18H23ClN2S/c1-13-4-5-17(19)10-18(13)21-8-6-20(7-9-21)11-16-12-22-15(3)14(16)2/h4-5,10,12H,6-9,11H2,1-3H3. The topological polar surface area (TPSA) is 6.48 Å². The van der Waals surface area contributed by atoms with Gasteiger partial charge in [-0.15, -0.1) is 11.3 Å². The molecular formula is C18H23ClN2S. The van der Waals surface area contributed by atoms with E-state index in [-0.39, 0.29) is 0 Å². The van der Waals surface area contributed by atoms with Gasteiger partial charge >= 0.3 is 0 Å². The van der Waals surface area contributed by atoms with Crippen LogP contribution in [0.25, 0.3) is 0 Å². The van der Waals surface area contributed by atoms with Crippen LogP contribution in [-0.2, 0) is 6.54 Å². The lowest BCUT2D eigenvalue weighted by atomic mass is 10.1. The zero-order valence-electron chi connectivity index (χ0n) is 13.5. The van der Waals surface area contributed by atoms with E-state index in [2.05, 4.69) is 48.1 Å². The van der Waals surface area contributed by atoms with E-state index in [4.69, 9.17) is 11.6 Å². The van der Waals surface area contributed by atoms with Crippen molar-refractivity contribution >= 4 is 28.6 Å². The van der Waals surface area contributed by atoms with Crippen molar-refractivity contribution in [3.05, 3.63) is 50.2 Å². The number of anilines is 1. The summed E-state index contributed by atoms with van der Waals surface area (Å²) in [5, 5.41) is 3.14. The Morgan fingerprint density at radius 1 is 1.09 bits per heavy atom. The molecule has 0 amide bonds. The average Bonchev–Trinajstić information content (AvgIpc) is 2.83. The number of hydrogen-bond donors (Lipinski definition) is 0. The highest BCUT2D eigenvalue weighted by Gasteiger charge is 2.19. The molecule has 0 radical (unpaired) electrons. The summed E-state index contributed by atoms with van der Waals surface area (Å²) in [7, 11) is 0. The summed E-state index contributed by atoms with van der Waals surface area (Å²) < 4.78 is 0. The van der Waals surface area contributed by atoms with Crippen LogP contribution in [0.2, 0.25) is 5.02 Å². The van der Waals surface area contributed by atoms with E-state index >= 15 is 0 Å². The van der Waals surface area contributed by atoms with Crippen molar-refractivity contribution in [2.75, 3.05) is 31.1 Å². The minimum atomic E-state index is 0.826. The van der Waals surface area contributed by atoms with Crippen LogP contribution < -0.4 is 4.90 Å². The van der Waals surface area contributed by atoms with Crippen molar-refractivity contribution in [2.45, 2.75) is 27.3 Å². The van der Waals surface area contributed by atoms with E-state index in [1.165, 1.54) is 27.3 Å². The molecule has 1 aromatic carbocycles. The largest absolute Gasteiger partial charge is 0.369 e. The molecule has 0 atom stereocenters. The minimum absolute atomic E-state index is 0.826.